The summed E-state index contributed by atoms with van der Waals surface area (Å²) in [7, 11) is 5.98. The predicted octanol–water partition coefficient (Wildman–Crippen LogP) is 3.81. The van der Waals surface area contributed by atoms with Crippen molar-refractivity contribution in [1.82, 2.24) is 4.57 Å². The summed E-state index contributed by atoms with van der Waals surface area (Å²) in [4.78, 5) is 14.4. The number of para-hydroxylation sites is 1. The first-order chi connectivity index (χ1) is 11.5. The fraction of sp³-hybridized carbons (Fsp3) is 0.250. The summed E-state index contributed by atoms with van der Waals surface area (Å²) in [5.41, 5.74) is 5.97. The van der Waals surface area contributed by atoms with E-state index in [2.05, 4.69) is 23.6 Å². The molecule has 1 aromatic heterocycles. The van der Waals surface area contributed by atoms with Gasteiger partial charge < -0.3 is 14.2 Å². The van der Waals surface area contributed by atoms with Gasteiger partial charge in [-0.05, 0) is 25.1 Å². The van der Waals surface area contributed by atoms with Crippen LogP contribution in [0.3, 0.4) is 0 Å². The molecule has 4 rings (SSSR count). The van der Waals surface area contributed by atoms with E-state index in [-0.39, 0.29) is 12.1 Å². The first-order valence-electron chi connectivity index (χ1n) is 8.05. The topological polar surface area (TPSA) is 34.5 Å². The lowest BCUT2D eigenvalue weighted by Gasteiger charge is -2.14. The molecule has 122 valence electrons. The number of cyclic esters (lactones) is 1. The number of ether oxygens (including phenoxy) is 1. The molecular formula is C20H20N2O2. The lowest BCUT2D eigenvalue weighted by atomic mass is 9.96. The van der Waals surface area contributed by atoms with Crippen molar-refractivity contribution < 1.29 is 9.53 Å². The van der Waals surface area contributed by atoms with Gasteiger partial charge in [-0.3, -0.25) is 0 Å². The molecule has 0 amide bonds. The van der Waals surface area contributed by atoms with E-state index in [9.17, 15) is 4.79 Å². The Balaban J connectivity index is 1.93. The van der Waals surface area contributed by atoms with Crippen LogP contribution in [0.5, 0.6) is 0 Å². The lowest BCUT2D eigenvalue weighted by Crippen LogP contribution is -2.09. The molecule has 4 heteroatoms. The number of hydrogen-bond donors (Lipinski definition) is 0. The molecule has 1 aliphatic rings. The van der Waals surface area contributed by atoms with Crippen LogP contribution in [0.15, 0.2) is 42.5 Å². The Bertz CT molecular complexity index is 969. The summed E-state index contributed by atoms with van der Waals surface area (Å²) in [6.07, 6.45) is -0.338. The van der Waals surface area contributed by atoms with E-state index in [4.69, 9.17) is 4.74 Å². The SMILES string of the molecule is Cc1c(C2OC(=O)c3cc(N(C)C)ccc32)c2ccccc2n1C. The zero-order chi connectivity index (χ0) is 17.0. The maximum absolute atomic E-state index is 12.4. The number of fused-ring (bicyclic) bond motifs is 2. The zero-order valence-corrected chi connectivity index (χ0v) is 14.3. The normalized spacial score (nSPS) is 16.3. The minimum absolute atomic E-state index is 0.244. The van der Waals surface area contributed by atoms with Crippen LogP contribution in [0.25, 0.3) is 10.9 Å². The van der Waals surface area contributed by atoms with Gasteiger partial charge in [-0.15, -0.1) is 0 Å². The average molecular weight is 320 g/mol. The number of anilines is 1. The molecule has 4 nitrogen and oxygen atoms in total. The monoisotopic (exact) mass is 320 g/mol. The van der Waals surface area contributed by atoms with Gasteiger partial charge in [-0.1, -0.05) is 24.3 Å². The number of rotatable bonds is 2. The zero-order valence-electron chi connectivity index (χ0n) is 14.3. The third kappa shape index (κ3) is 1.96. The molecule has 1 aliphatic heterocycles. The number of carbonyl (C=O) groups is 1. The molecule has 2 aromatic carbocycles. The van der Waals surface area contributed by atoms with E-state index in [1.54, 1.807) is 0 Å². The number of benzene rings is 2. The largest absolute Gasteiger partial charge is 0.449 e. The van der Waals surface area contributed by atoms with Crippen LogP contribution in [-0.4, -0.2) is 24.6 Å². The summed E-state index contributed by atoms with van der Waals surface area (Å²) in [6.45, 7) is 2.08. The molecule has 3 aromatic rings. The van der Waals surface area contributed by atoms with Crippen molar-refractivity contribution in [3.8, 4) is 0 Å². The lowest BCUT2D eigenvalue weighted by molar-refractivity contribution is 0.0457. The third-order valence-corrected chi connectivity index (χ3v) is 4.99. The summed E-state index contributed by atoms with van der Waals surface area (Å²) in [5.74, 6) is -0.244. The van der Waals surface area contributed by atoms with Crippen LogP contribution in [0.1, 0.15) is 33.3 Å². The molecule has 1 atom stereocenters. The van der Waals surface area contributed by atoms with Gasteiger partial charge in [-0.25, -0.2) is 4.79 Å². The standard InChI is InChI=1S/C20H20N2O2/c1-12-18(15-7-5-6-8-17(15)22(12)4)19-14-10-9-13(21(2)3)11-16(14)20(23)24-19/h5-11,19H,1-4H3. The van der Waals surface area contributed by atoms with E-state index < -0.39 is 0 Å². The maximum Gasteiger partial charge on any atom is 0.339 e. The minimum Gasteiger partial charge on any atom is -0.449 e. The molecular weight excluding hydrogens is 300 g/mol. The van der Waals surface area contributed by atoms with Crippen molar-refractivity contribution in [1.29, 1.82) is 0 Å². The van der Waals surface area contributed by atoms with Crippen LogP contribution in [-0.2, 0) is 11.8 Å². The molecule has 0 aliphatic carbocycles. The Morgan fingerprint density at radius 2 is 1.88 bits per heavy atom. The number of esters is 1. The number of aromatic nitrogens is 1. The maximum atomic E-state index is 12.4. The molecule has 0 bridgehead atoms. The van der Waals surface area contributed by atoms with Crippen molar-refractivity contribution in [2.24, 2.45) is 7.05 Å². The van der Waals surface area contributed by atoms with E-state index in [0.717, 1.165) is 33.4 Å². The Morgan fingerprint density at radius 1 is 1.12 bits per heavy atom. The average Bonchev–Trinajstić information content (AvgIpc) is 3.03. The summed E-state index contributed by atoms with van der Waals surface area (Å²) >= 11 is 0. The van der Waals surface area contributed by atoms with Crippen molar-refractivity contribution in [2.45, 2.75) is 13.0 Å². The summed E-state index contributed by atoms with van der Waals surface area (Å²) in [6, 6.07) is 14.2. The smallest absolute Gasteiger partial charge is 0.339 e. The summed E-state index contributed by atoms with van der Waals surface area (Å²) in [5, 5.41) is 1.14. The quantitative estimate of drug-likeness (QED) is 0.673. The van der Waals surface area contributed by atoms with Crippen LogP contribution >= 0.6 is 0 Å². The van der Waals surface area contributed by atoms with Crippen molar-refractivity contribution in [3.05, 3.63) is 64.8 Å². The van der Waals surface area contributed by atoms with E-state index >= 15 is 0 Å². The molecule has 24 heavy (non-hydrogen) atoms. The molecule has 0 spiro atoms. The molecule has 2 heterocycles. The van der Waals surface area contributed by atoms with Crippen LogP contribution in [0.4, 0.5) is 5.69 Å². The van der Waals surface area contributed by atoms with Gasteiger partial charge in [0.1, 0.15) is 0 Å². The Hall–Kier alpha value is -2.75. The third-order valence-electron chi connectivity index (χ3n) is 4.99. The van der Waals surface area contributed by atoms with E-state index in [0.29, 0.717) is 5.56 Å². The van der Waals surface area contributed by atoms with Crippen molar-refractivity contribution >= 4 is 22.6 Å². The molecule has 0 saturated carbocycles. The van der Waals surface area contributed by atoms with Crippen LogP contribution in [0.2, 0.25) is 0 Å². The second kappa shape index (κ2) is 5.13. The van der Waals surface area contributed by atoms with Gasteiger partial charge in [0.25, 0.3) is 0 Å². The van der Waals surface area contributed by atoms with Crippen molar-refractivity contribution in [2.75, 3.05) is 19.0 Å². The highest BCUT2D eigenvalue weighted by Gasteiger charge is 2.35. The fourth-order valence-electron chi connectivity index (χ4n) is 3.56. The fourth-order valence-corrected chi connectivity index (χ4v) is 3.56. The molecule has 0 fully saturated rings. The van der Waals surface area contributed by atoms with Crippen LogP contribution < -0.4 is 4.90 Å². The highest BCUT2D eigenvalue weighted by molar-refractivity contribution is 5.97. The minimum atomic E-state index is -0.338. The van der Waals surface area contributed by atoms with Gasteiger partial charge in [-0.2, -0.15) is 0 Å². The molecule has 0 radical (unpaired) electrons. The number of aryl methyl sites for hydroxylation is 1. The molecule has 0 saturated heterocycles. The first-order valence-corrected chi connectivity index (χ1v) is 8.05. The van der Waals surface area contributed by atoms with E-state index in [1.165, 1.54) is 0 Å². The number of nitrogens with zero attached hydrogens (tertiary/aromatic N) is 2. The predicted molar refractivity (Wildman–Crippen MR) is 95.7 cm³/mol. The van der Waals surface area contributed by atoms with Gasteiger partial charge >= 0.3 is 5.97 Å². The number of carbonyl (C=O) groups excluding carboxylic acids is 1. The van der Waals surface area contributed by atoms with Gasteiger partial charge in [0.15, 0.2) is 6.10 Å². The van der Waals surface area contributed by atoms with Gasteiger partial charge in [0, 0.05) is 54.6 Å². The van der Waals surface area contributed by atoms with Crippen molar-refractivity contribution in [3.63, 3.8) is 0 Å². The summed E-state index contributed by atoms with van der Waals surface area (Å²) < 4.78 is 7.94. The highest BCUT2D eigenvalue weighted by atomic mass is 16.5. The Labute approximate surface area is 141 Å². The second-order valence-corrected chi connectivity index (χ2v) is 6.53. The Morgan fingerprint density at radius 3 is 2.62 bits per heavy atom. The van der Waals surface area contributed by atoms with Gasteiger partial charge in [0.05, 0.1) is 5.56 Å². The van der Waals surface area contributed by atoms with Gasteiger partial charge in [0.2, 0.25) is 0 Å². The number of hydrogen-bond acceptors (Lipinski definition) is 3. The Kier molecular flexibility index (Phi) is 3.17. The van der Waals surface area contributed by atoms with E-state index in [1.807, 2.05) is 56.4 Å². The van der Waals surface area contributed by atoms with Crippen LogP contribution in [0, 0.1) is 6.92 Å². The first kappa shape index (κ1) is 14.8. The molecule has 0 N–H and O–H groups in total. The second-order valence-electron chi connectivity index (χ2n) is 6.53. The molecule has 1 unspecified atom stereocenters. The highest BCUT2D eigenvalue weighted by Crippen LogP contribution is 2.42.